The maximum atomic E-state index is 11.9. The second-order valence-corrected chi connectivity index (χ2v) is 9.85. The average molecular weight is 425 g/mol. The van der Waals surface area contributed by atoms with Crippen molar-refractivity contribution in [1.29, 1.82) is 0 Å². The van der Waals surface area contributed by atoms with Crippen LogP contribution in [0.2, 0.25) is 0 Å². The van der Waals surface area contributed by atoms with Crippen LogP contribution in [0.25, 0.3) is 0 Å². The fourth-order valence-electron chi connectivity index (χ4n) is 4.60. The molecule has 1 unspecified atom stereocenters. The lowest BCUT2D eigenvalue weighted by Crippen LogP contribution is -2.26. The Balaban J connectivity index is 3.41. The predicted octanol–water partition coefficient (Wildman–Crippen LogP) is 10.2. The molecule has 0 rings (SSSR count). The first-order valence-corrected chi connectivity index (χ1v) is 14.1. The van der Waals surface area contributed by atoms with Gasteiger partial charge in [-0.1, -0.05) is 155 Å². The molecule has 0 aliphatic rings. The van der Waals surface area contributed by atoms with Crippen LogP contribution in [0, 0.1) is 5.21 Å². The Bertz CT molecular complexity index is 305. The Labute approximate surface area is 191 Å². The summed E-state index contributed by atoms with van der Waals surface area (Å²) < 4.78 is 0. The standard InChI is InChI=1S/C28H58NO/c1-4-6-8-10-12-14-15-16-17-19-21-23-25-27-28(29(3)30)26-24-22-20-18-13-11-9-7-5-2/h28H,4-27H2,1-3H3/q-1. The maximum Gasteiger partial charge on any atom is -0.00282 e. The summed E-state index contributed by atoms with van der Waals surface area (Å²) in [5, 5.41) is 13.1. The highest BCUT2D eigenvalue weighted by atomic mass is 16.5. The van der Waals surface area contributed by atoms with Crippen LogP contribution in [0.15, 0.2) is 0 Å². The highest BCUT2D eigenvalue weighted by Gasteiger charge is 2.07. The largest absolute Gasteiger partial charge is 0.785 e. The Hall–Kier alpha value is -0.0800. The summed E-state index contributed by atoms with van der Waals surface area (Å²) in [5.74, 6) is 0. The monoisotopic (exact) mass is 424 g/mol. The summed E-state index contributed by atoms with van der Waals surface area (Å²) >= 11 is 0. The lowest BCUT2D eigenvalue weighted by atomic mass is 9.99. The molecule has 0 heterocycles. The summed E-state index contributed by atoms with van der Waals surface area (Å²) in [6, 6.07) is 0.266. The van der Waals surface area contributed by atoms with E-state index in [9.17, 15) is 5.21 Å². The molecule has 0 saturated heterocycles. The van der Waals surface area contributed by atoms with Gasteiger partial charge in [0.1, 0.15) is 0 Å². The Kier molecular flexibility index (Phi) is 25.1. The molecule has 0 spiro atoms. The van der Waals surface area contributed by atoms with E-state index in [1.54, 1.807) is 7.05 Å². The molecule has 0 amide bonds. The van der Waals surface area contributed by atoms with Crippen molar-refractivity contribution in [2.75, 3.05) is 7.05 Å². The third kappa shape index (κ3) is 22.6. The van der Waals surface area contributed by atoms with Gasteiger partial charge in [-0.3, -0.25) is 0 Å². The fraction of sp³-hybridized carbons (Fsp3) is 1.00. The smallest absolute Gasteiger partial charge is 0.00282 e. The first-order valence-electron chi connectivity index (χ1n) is 14.1. The number of hydrogen-bond donors (Lipinski definition) is 0. The van der Waals surface area contributed by atoms with Crippen LogP contribution in [-0.4, -0.2) is 18.2 Å². The molecule has 0 radical (unpaired) electrons. The van der Waals surface area contributed by atoms with E-state index in [0.717, 1.165) is 12.8 Å². The molecule has 0 fully saturated rings. The van der Waals surface area contributed by atoms with Gasteiger partial charge >= 0.3 is 0 Å². The summed E-state index contributed by atoms with van der Waals surface area (Å²) in [4.78, 5) is 0. The molecular weight excluding hydrogens is 366 g/mol. The molecule has 0 saturated carbocycles. The summed E-state index contributed by atoms with van der Waals surface area (Å²) in [6.07, 6.45) is 32.6. The van der Waals surface area contributed by atoms with Crippen molar-refractivity contribution in [3.63, 3.8) is 0 Å². The van der Waals surface area contributed by atoms with Crippen LogP contribution in [-0.2, 0) is 0 Å². The zero-order valence-electron chi connectivity index (χ0n) is 21.4. The van der Waals surface area contributed by atoms with Gasteiger partial charge in [-0.15, -0.1) is 0 Å². The minimum Gasteiger partial charge on any atom is -0.785 e. The minimum absolute atomic E-state index is 0.266. The zero-order valence-corrected chi connectivity index (χ0v) is 21.4. The van der Waals surface area contributed by atoms with E-state index in [-0.39, 0.29) is 6.04 Å². The first kappa shape index (κ1) is 29.9. The van der Waals surface area contributed by atoms with E-state index in [4.69, 9.17) is 0 Å². The summed E-state index contributed by atoms with van der Waals surface area (Å²) in [7, 11) is 1.74. The molecule has 0 aromatic heterocycles. The van der Waals surface area contributed by atoms with Gasteiger partial charge in [0.2, 0.25) is 0 Å². The average Bonchev–Trinajstić information content (AvgIpc) is 2.74. The number of rotatable bonds is 25. The highest BCUT2D eigenvalue weighted by Crippen LogP contribution is 2.18. The van der Waals surface area contributed by atoms with Crippen molar-refractivity contribution in [1.82, 2.24) is 5.06 Å². The van der Waals surface area contributed by atoms with Gasteiger partial charge in [0.25, 0.3) is 0 Å². The molecule has 2 heteroatoms. The SMILES string of the molecule is CCCCCCCCCCCCCCCC(CCCCCCCCCCC)N(C)[O-]. The van der Waals surface area contributed by atoms with Crippen LogP contribution in [0.5, 0.6) is 0 Å². The lowest BCUT2D eigenvalue weighted by molar-refractivity contribution is 0.280. The zero-order chi connectivity index (χ0) is 22.1. The van der Waals surface area contributed by atoms with E-state index in [0.29, 0.717) is 0 Å². The molecule has 182 valence electrons. The molecule has 0 aromatic rings. The number of hydrogen-bond acceptors (Lipinski definition) is 2. The van der Waals surface area contributed by atoms with E-state index < -0.39 is 0 Å². The summed E-state index contributed by atoms with van der Waals surface area (Å²) in [5.41, 5.74) is 0. The molecule has 2 nitrogen and oxygen atoms in total. The molecular formula is C28H58NO-. The van der Waals surface area contributed by atoms with Crippen LogP contribution >= 0.6 is 0 Å². The van der Waals surface area contributed by atoms with E-state index >= 15 is 0 Å². The number of unbranched alkanes of at least 4 members (excludes halogenated alkanes) is 20. The Morgan fingerprint density at radius 2 is 0.667 bits per heavy atom. The highest BCUT2D eigenvalue weighted by molar-refractivity contribution is 4.69. The first-order chi connectivity index (χ1) is 14.7. The lowest BCUT2D eigenvalue weighted by Gasteiger charge is -2.33. The normalized spacial score (nSPS) is 12.7. The molecule has 0 aliphatic heterocycles. The third-order valence-corrected chi connectivity index (χ3v) is 6.80. The van der Waals surface area contributed by atoms with Crippen molar-refractivity contribution < 1.29 is 0 Å². The van der Waals surface area contributed by atoms with Crippen molar-refractivity contribution in [2.45, 2.75) is 174 Å². The molecule has 30 heavy (non-hydrogen) atoms. The van der Waals surface area contributed by atoms with Crippen molar-refractivity contribution in [3.05, 3.63) is 5.21 Å². The van der Waals surface area contributed by atoms with E-state index in [2.05, 4.69) is 13.8 Å². The molecule has 0 bridgehead atoms. The minimum atomic E-state index is 0.266. The van der Waals surface area contributed by atoms with Gasteiger partial charge in [-0.05, 0) is 25.9 Å². The molecule has 1 atom stereocenters. The van der Waals surface area contributed by atoms with Crippen LogP contribution in [0.3, 0.4) is 0 Å². The van der Waals surface area contributed by atoms with Crippen LogP contribution < -0.4 is 0 Å². The Morgan fingerprint density at radius 1 is 0.433 bits per heavy atom. The van der Waals surface area contributed by atoms with Gasteiger partial charge < -0.3 is 10.3 Å². The van der Waals surface area contributed by atoms with Crippen LogP contribution in [0.4, 0.5) is 0 Å². The van der Waals surface area contributed by atoms with Gasteiger partial charge in [-0.25, -0.2) is 0 Å². The Morgan fingerprint density at radius 3 is 0.900 bits per heavy atom. The van der Waals surface area contributed by atoms with Crippen molar-refractivity contribution in [3.8, 4) is 0 Å². The predicted molar refractivity (Wildman–Crippen MR) is 137 cm³/mol. The quantitative estimate of drug-likeness (QED) is 0.108. The topological polar surface area (TPSA) is 26.3 Å². The van der Waals surface area contributed by atoms with Crippen LogP contribution in [0.1, 0.15) is 168 Å². The number of hydroxylamine groups is 2. The molecule has 0 aliphatic carbocycles. The fourth-order valence-corrected chi connectivity index (χ4v) is 4.60. The second kappa shape index (κ2) is 25.2. The van der Waals surface area contributed by atoms with Crippen molar-refractivity contribution in [2.24, 2.45) is 0 Å². The summed E-state index contributed by atoms with van der Waals surface area (Å²) in [6.45, 7) is 4.57. The molecule has 0 N–H and O–H groups in total. The van der Waals surface area contributed by atoms with E-state index in [1.807, 2.05) is 0 Å². The van der Waals surface area contributed by atoms with Gasteiger partial charge in [0.05, 0.1) is 0 Å². The maximum absolute atomic E-state index is 11.9. The van der Waals surface area contributed by atoms with Gasteiger partial charge in [-0.2, -0.15) is 0 Å². The number of nitrogens with zero attached hydrogens (tertiary/aromatic N) is 1. The van der Waals surface area contributed by atoms with Gasteiger partial charge in [0, 0.05) is 0 Å². The van der Waals surface area contributed by atoms with Gasteiger partial charge in [0.15, 0.2) is 0 Å². The third-order valence-electron chi connectivity index (χ3n) is 6.80. The van der Waals surface area contributed by atoms with E-state index in [1.165, 1.54) is 146 Å². The second-order valence-electron chi connectivity index (χ2n) is 9.85. The molecule has 0 aromatic carbocycles. The van der Waals surface area contributed by atoms with Crippen molar-refractivity contribution >= 4 is 0 Å².